The number of hydrogen-bond donors (Lipinski definition) is 1. The standard InChI is InChI=1S/C30H36N4O/c1-23-5-2-7-26(19-23)27-8-4-16-34(22-27)29-13-17-33(18-14-29)28-11-9-25(10-12-28)30(35)32-21-24-6-3-15-31-20-24/h2-3,5-7,9-12,15,19-20,27,29H,4,8,13-14,16-18,21-22H2,1H3,(H,32,35)/t27-/m1/s1. The maximum atomic E-state index is 12.5. The summed E-state index contributed by atoms with van der Waals surface area (Å²) in [5, 5.41) is 2.98. The lowest BCUT2D eigenvalue weighted by atomic mass is 9.88. The minimum Gasteiger partial charge on any atom is -0.371 e. The largest absolute Gasteiger partial charge is 0.371 e. The van der Waals surface area contributed by atoms with Crippen molar-refractivity contribution in [3.05, 3.63) is 95.3 Å². The Labute approximate surface area is 209 Å². The first kappa shape index (κ1) is 23.6. The molecule has 1 N–H and O–H groups in total. The lowest BCUT2D eigenvalue weighted by molar-refractivity contribution is 0.0951. The molecule has 2 saturated heterocycles. The Balaban J connectivity index is 1.12. The summed E-state index contributed by atoms with van der Waals surface area (Å²) in [5.74, 6) is 0.617. The molecule has 2 aliphatic rings. The maximum Gasteiger partial charge on any atom is 0.251 e. The van der Waals surface area contributed by atoms with Gasteiger partial charge >= 0.3 is 0 Å². The van der Waals surface area contributed by atoms with Gasteiger partial charge in [0.1, 0.15) is 0 Å². The van der Waals surface area contributed by atoms with E-state index in [1.807, 2.05) is 24.3 Å². The fourth-order valence-electron chi connectivity index (χ4n) is 5.63. The average Bonchev–Trinajstić information content (AvgIpc) is 2.92. The van der Waals surface area contributed by atoms with Crippen LogP contribution in [0.1, 0.15) is 58.6 Å². The number of pyridine rings is 1. The molecule has 1 aromatic heterocycles. The molecule has 0 spiro atoms. The number of carbonyl (C=O) groups is 1. The summed E-state index contributed by atoms with van der Waals surface area (Å²) in [4.78, 5) is 21.8. The third-order valence-corrected chi connectivity index (χ3v) is 7.62. The van der Waals surface area contributed by atoms with E-state index in [0.29, 0.717) is 24.1 Å². The molecule has 2 fully saturated rings. The van der Waals surface area contributed by atoms with Crippen LogP contribution in [0.2, 0.25) is 0 Å². The Morgan fingerprint density at radius 1 is 1.00 bits per heavy atom. The van der Waals surface area contributed by atoms with E-state index >= 15 is 0 Å². The highest BCUT2D eigenvalue weighted by Gasteiger charge is 2.29. The summed E-state index contributed by atoms with van der Waals surface area (Å²) in [7, 11) is 0. The third kappa shape index (κ3) is 5.91. The minimum atomic E-state index is -0.0487. The van der Waals surface area contributed by atoms with Crippen LogP contribution in [0.5, 0.6) is 0 Å². The fraction of sp³-hybridized carbons (Fsp3) is 0.400. The first-order valence-electron chi connectivity index (χ1n) is 13.0. The number of aryl methyl sites for hydroxylation is 1. The zero-order valence-corrected chi connectivity index (χ0v) is 20.7. The first-order chi connectivity index (χ1) is 17.2. The van der Waals surface area contributed by atoms with Gasteiger partial charge in [-0.2, -0.15) is 0 Å². The van der Waals surface area contributed by atoms with Gasteiger partial charge in [0, 0.05) is 55.9 Å². The van der Waals surface area contributed by atoms with Gasteiger partial charge in [0.2, 0.25) is 0 Å². The quantitative estimate of drug-likeness (QED) is 0.542. The summed E-state index contributed by atoms with van der Waals surface area (Å²) in [5.41, 5.74) is 5.78. The van der Waals surface area contributed by atoms with Crippen molar-refractivity contribution in [3.63, 3.8) is 0 Å². The number of amides is 1. The van der Waals surface area contributed by atoms with Crippen molar-refractivity contribution in [3.8, 4) is 0 Å². The van der Waals surface area contributed by atoms with Crippen LogP contribution in [0, 0.1) is 6.92 Å². The van der Waals surface area contributed by atoms with E-state index in [-0.39, 0.29) is 5.91 Å². The number of hydrogen-bond acceptors (Lipinski definition) is 4. The van der Waals surface area contributed by atoms with Gasteiger partial charge in [0.15, 0.2) is 0 Å². The Hall–Kier alpha value is -3.18. The highest BCUT2D eigenvalue weighted by atomic mass is 16.1. The molecule has 0 bridgehead atoms. The number of nitrogens with zero attached hydrogens (tertiary/aromatic N) is 3. The van der Waals surface area contributed by atoms with Crippen LogP contribution >= 0.6 is 0 Å². The molecule has 0 radical (unpaired) electrons. The normalized spacial score (nSPS) is 19.5. The maximum absolute atomic E-state index is 12.5. The molecule has 3 aromatic rings. The molecule has 2 aliphatic heterocycles. The van der Waals surface area contributed by atoms with Gasteiger partial charge in [-0.15, -0.1) is 0 Å². The van der Waals surface area contributed by atoms with E-state index < -0.39 is 0 Å². The molecule has 3 heterocycles. The second-order valence-electron chi connectivity index (χ2n) is 10.1. The van der Waals surface area contributed by atoms with Crippen molar-refractivity contribution in [1.82, 2.24) is 15.2 Å². The summed E-state index contributed by atoms with van der Waals surface area (Å²) in [6.07, 6.45) is 8.52. The summed E-state index contributed by atoms with van der Waals surface area (Å²) in [6.45, 7) is 7.25. The number of aromatic nitrogens is 1. The molecule has 0 aliphatic carbocycles. The minimum absolute atomic E-state index is 0.0487. The van der Waals surface area contributed by atoms with Crippen LogP contribution in [0.3, 0.4) is 0 Å². The molecule has 35 heavy (non-hydrogen) atoms. The molecule has 5 nitrogen and oxygen atoms in total. The number of likely N-dealkylation sites (tertiary alicyclic amines) is 1. The van der Waals surface area contributed by atoms with Crippen LogP contribution in [-0.2, 0) is 6.54 Å². The Morgan fingerprint density at radius 2 is 1.83 bits per heavy atom. The molecule has 0 saturated carbocycles. The van der Waals surface area contributed by atoms with Crippen LogP contribution in [-0.4, -0.2) is 48.0 Å². The van der Waals surface area contributed by atoms with E-state index in [9.17, 15) is 4.79 Å². The first-order valence-corrected chi connectivity index (χ1v) is 13.0. The predicted octanol–water partition coefficient (Wildman–Crippen LogP) is 5.17. The van der Waals surface area contributed by atoms with Gasteiger partial charge in [0.25, 0.3) is 5.91 Å². The van der Waals surface area contributed by atoms with Crippen molar-refractivity contribution < 1.29 is 4.79 Å². The van der Waals surface area contributed by atoms with E-state index in [2.05, 4.69) is 63.4 Å². The molecule has 1 amide bonds. The second kappa shape index (κ2) is 11.0. The van der Waals surface area contributed by atoms with Crippen LogP contribution in [0.25, 0.3) is 0 Å². The molecule has 182 valence electrons. The second-order valence-corrected chi connectivity index (χ2v) is 10.1. The van der Waals surface area contributed by atoms with Crippen molar-refractivity contribution in [2.24, 2.45) is 0 Å². The van der Waals surface area contributed by atoms with Crippen LogP contribution in [0.15, 0.2) is 73.1 Å². The van der Waals surface area contributed by atoms with Gasteiger partial charge < -0.3 is 10.2 Å². The predicted molar refractivity (Wildman–Crippen MR) is 142 cm³/mol. The molecule has 2 aromatic carbocycles. The van der Waals surface area contributed by atoms with Crippen molar-refractivity contribution in [2.45, 2.75) is 51.1 Å². The zero-order chi connectivity index (χ0) is 24.0. The number of rotatable bonds is 6. The number of carbonyl (C=O) groups excluding carboxylic acids is 1. The Kier molecular flexibility index (Phi) is 7.43. The number of benzene rings is 2. The molecular formula is C30H36N4O. The third-order valence-electron chi connectivity index (χ3n) is 7.62. The number of piperidine rings is 2. The van der Waals surface area contributed by atoms with E-state index in [4.69, 9.17) is 0 Å². The number of anilines is 1. The lowest BCUT2D eigenvalue weighted by Crippen LogP contribution is -2.48. The van der Waals surface area contributed by atoms with Gasteiger partial charge in [-0.25, -0.2) is 0 Å². The van der Waals surface area contributed by atoms with Gasteiger partial charge in [0.05, 0.1) is 0 Å². The van der Waals surface area contributed by atoms with Gasteiger partial charge in [-0.3, -0.25) is 14.7 Å². The number of nitrogens with one attached hydrogen (secondary N) is 1. The van der Waals surface area contributed by atoms with Gasteiger partial charge in [-0.05, 0) is 86.5 Å². The Bertz CT molecular complexity index is 1110. The lowest BCUT2D eigenvalue weighted by Gasteiger charge is -2.43. The highest BCUT2D eigenvalue weighted by Crippen LogP contribution is 2.31. The Morgan fingerprint density at radius 3 is 2.57 bits per heavy atom. The SMILES string of the molecule is Cc1cccc([C@@H]2CCCN(C3CCN(c4ccc(C(=O)NCc5cccnc5)cc4)CC3)C2)c1. The summed E-state index contributed by atoms with van der Waals surface area (Å²) in [6, 6.07) is 21.7. The monoisotopic (exact) mass is 468 g/mol. The zero-order valence-electron chi connectivity index (χ0n) is 20.7. The van der Waals surface area contributed by atoms with Crippen LogP contribution in [0.4, 0.5) is 5.69 Å². The van der Waals surface area contributed by atoms with E-state index in [1.165, 1.54) is 55.6 Å². The molecule has 1 atom stereocenters. The highest BCUT2D eigenvalue weighted by molar-refractivity contribution is 5.94. The van der Waals surface area contributed by atoms with Crippen molar-refractivity contribution in [2.75, 3.05) is 31.1 Å². The van der Waals surface area contributed by atoms with E-state index in [0.717, 1.165) is 18.7 Å². The van der Waals surface area contributed by atoms with Crippen molar-refractivity contribution >= 4 is 11.6 Å². The van der Waals surface area contributed by atoms with Crippen LogP contribution < -0.4 is 10.2 Å². The summed E-state index contributed by atoms with van der Waals surface area (Å²) < 4.78 is 0. The summed E-state index contributed by atoms with van der Waals surface area (Å²) >= 11 is 0. The molecule has 5 rings (SSSR count). The fourth-order valence-corrected chi connectivity index (χ4v) is 5.63. The topological polar surface area (TPSA) is 48.5 Å². The molecule has 0 unspecified atom stereocenters. The average molecular weight is 469 g/mol. The van der Waals surface area contributed by atoms with Crippen molar-refractivity contribution in [1.29, 1.82) is 0 Å². The van der Waals surface area contributed by atoms with Gasteiger partial charge in [-0.1, -0.05) is 35.9 Å². The molecular weight excluding hydrogens is 432 g/mol. The molecule has 5 heteroatoms. The smallest absolute Gasteiger partial charge is 0.251 e. The van der Waals surface area contributed by atoms with E-state index in [1.54, 1.807) is 12.4 Å².